The number of nitrogens with one attached hydrogen (secondary N) is 3. The quantitative estimate of drug-likeness (QED) is 0.383. The molecule has 2 fully saturated rings. The van der Waals surface area contributed by atoms with Crippen molar-refractivity contribution in [3.05, 3.63) is 57.8 Å². The highest BCUT2D eigenvalue weighted by Crippen LogP contribution is 2.29. The summed E-state index contributed by atoms with van der Waals surface area (Å²) in [5.41, 5.74) is 0.716. The van der Waals surface area contributed by atoms with Gasteiger partial charge in [0.15, 0.2) is 5.76 Å². The first-order chi connectivity index (χ1) is 20.8. The van der Waals surface area contributed by atoms with Crippen molar-refractivity contribution in [2.45, 2.75) is 90.3 Å². The van der Waals surface area contributed by atoms with E-state index >= 15 is 0 Å². The zero-order valence-corrected chi connectivity index (χ0v) is 25.7. The highest BCUT2D eigenvalue weighted by molar-refractivity contribution is 5.94. The van der Waals surface area contributed by atoms with Crippen molar-refractivity contribution in [3.8, 4) is 0 Å². The number of nitrogens with zero attached hydrogens (tertiary/aromatic N) is 3. The maximum Gasteiger partial charge on any atom is 0.519 e. The second kappa shape index (κ2) is 14.1. The number of carbonyl (C=O) groups is 4. The standard InChI is InChI=1S/C30H41FN6O7/c1-17(2)33-29(41)36-13-12-22-10-11-24(27(39)32-14-20-6-8-21(31)9-7-20)37(22)28(40)23(15-36)34-26(38)18(3)35(5)16-25-19(4)43-30(42)44-25/h6-9,17-18,22-24H,10-16H2,1-5H3,(H,32,39)(H,33,41)(H,34,38)/t18-,22+,23-,24-/m0/s1. The number of carbonyl (C=O) groups excluding carboxylic acids is 4. The van der Waals surface area contributed by atoms with Crippen molar-refractivity contribution >= 4 is 23.8 Å². The average Bonchev–Trinajstić information content (AvgIpc) is 3.53. The maximum atomic E-state index is 14.1. The van der Waals surface area contributed by atoms with Crippen LogP contribution in [0.4, 0.5) is 9.18 Å². The number of aryl methyl sites for hydroxylation is 1. The second-order valence-corrected chi connectivity index (χ2v) is 11.8. The Morgan fingerprint density at radius 1 is 1.07 bits per heavy atom. The summed E-state index contributed by atoms with van der Waals surface area (Å²) in [6.07, 6.45) is 1.47. The molecule has 1 aromatic heterocycles. The minimum absolute atomic E-state index is 0.0809. The summed E-state index contributed by atoms with van der Waals surface area (Å²) >= 11 is 0. The van der Waals surface area contributed by atoms with Gasteiger partial charge in [-0.05, 0) is 71.7 Å². The third-order valence-electron chi connectivity index (χ3n) is 8.16. The van der Waals surface area contributed by atoms with E-state index in [1.165, 1.54) is 17.0 Å². The lowest BCUT2D eigenvalue weighted by Crippen LogP contribution is -2.63. The average molecular weight is 617 g/mol. The fraction of sp³-hybridized carbons (Fsp3) is 0.567. The van der Waals surface area contributed by atoms with Crippen LogP contribution in [0.5, 0.6) is 0 Å². The Labute approximate surface area is 255 Å². The van der Waals surface area contributed by atoms with Gasteiger partial charge in [-0.25, -0.2) is 14.0 Å². The zero-order valence-electron chi connectivity index (χ0n) is 25.7. The smallest absolute Gasteiger partial charge is 0.396 e. The molecule has 2 aromatic rings. The molecule has 240 valence electrons. The van der Waals surface area contributed by atoms with Crippen LogP contribution in [0.3, 0.4) is 0 Å². The molecule has 44 heavy (non-hydrogen) atoms. The molecule has 3 heterocycles. The number of likely N-dealkylation sites (N-methyl/N-ethyl adjacent to an activating group) is 1. The van der Waals surface area contributed by atoms with Crippen molar-refractivity contribution in [2.75, 3.05) is 20.1 Å². The minimum atomic E-state index is -1.11. The summed E-state index contributed by atoms with van der Waals surface area (Å²) < 4.78 is 23.3. The van der Waals surface area contributed by atoms with Crippen LogP contribution in [0.1, 0.15) is 57.1 Å². The van der Waals surface area contributed by atoms with Gasteiger partial charge in [0.25, 0.3) is 0 Å². The molecule has 1 aromatic carbocycles. The van der Waals surface area contributed by atoms with Crippen LogP contribution >= 0.6 is 0 Å². The normalized spacial score (nSPS) is 21.1. The summed E-state index contributed by atoms with van der Waals surface area (Å²) in [6.45, 7) is 7.43. The summed E-state index contributed by atoms with van der Waals surface area (Å²) in [4.78, 5) is 70.1. The summed E-state index contributed by atoms with van der Waals surface area (Å²) in [5, 5.41) is 8.53. The number of amides is 5. The first kappa shape index (κ1) is 32.7. The largest absolute Gasteiger partial charge is 0.519 e. The number of hydrogen-bond donors (Lipinski definition) is 3. The Bertz CT molecular complexity index is 1410. The van der Waals surface area contributed by atoms with Gasteiger partial charge in [-0.2, -0.15) is 0 Å². The van der Waals surface area contributed by atoms with Crippen molar-refractivity contribution in [2.24, 2.45) is 0 Å². The van der Waals surface area contributed by atoms with Gasteiger partial charge in [0.1, 0.15) is 23.7 Å². The molecule has 14 heteroatoms. The van der Waals surface area contributed by atoms with E-state index in [9.17, 15) is 28.4 Å². The number of hydrogen-bond acceptors (Lipinski definition) is 8. The topological polar surface area (TPSA) is 157 Å². The van der Waals surface area contributed by atoms with Crippen molar-refractivity contribution in [3.63, 3.8) is 0 Å². The van der Waals surface area contributed by atoms with Crippen LogP contribution in [0.2, 0.25) is 0 Å². The molecule has 0 spiro atoms. The number of benzene rings is 1. The van der Waals surface area contributed by atoms with Gasteiger partial charge in [-0.15, -0.1) is 0 Å². The molecule has 0 saturated carbocycles. The van der Waals surface area contributed by atoms with Gasteiger partial charge >= 0.3 is 11.9 Å². The lowest BCUT2D eigenvalue weighted by Gasteiger charge is -2.39. The zero-order chi connectivity index (χ0) is 32.1. The molecule has 0 bridgehead atoms. The molecule has 2 saturated heterocycles. The van der Waals surface area contributed by atoms with Crippen molar-refractivity contribution < 1.29 is 32.4 Å². The number of rotatable bonds is 9. The number of halogens is 1. The maximum absolute atomic E-state index is 14.1. The van der Waals surface area contributed by atoms with Crippen molar-refractivity contribution in [1.82, 2.24) is 30.7 Å². The number of fused-ring (bicyclic) bond motifs is 1. The van der Waals surface area contributed by atoms with Gasteiger partial charge in [-0.3, -0.25) is 19.3 Å². The van der Waals surface area contributed by atoms with E-state index in [2.05, 4.69) is 16.0 Å². The molecule has 2 aliphatic heterocycles. The molecule has 4 rings (SSSR count). The lowest BCUT2D eigenvalue weighted by atomic mass is 10.1. The first-order valence-corrected chi connectivity index (χ1v) is 14.8. The van der Waals surface area contributed by atoms with E-state index in [0.717, 1.165) is 0 Å². The van der Waals surface area contributed by atoms with E-state index in [0.29, 0.717) is 37.1 Å². The van der Waals surface area contributed by atoms with E-state index in [1.807, 2.05) is 13.8 Å². The van der Waals surface area contributed by atoms with Gasteiger partial charge in [0.05, 0.1) is 19.1 Å². The highest BCUT2D eigenvalue weighted by Gasteiger charge is 2.45. The summed E-state index contributed by atoms with van der Waals surface area (Å²) in [7, 11) is 1.66. The van der Waals surface area contributed by atoms with Crippen LogP contribution in [0, 0.1) is 12.7 Å². The molecular formula is C30H41FN6O7. The van der Waals surface area contributed by atoms with Gasteiger partial charge in [0, 0.05) is 25.2 Å². The van der Waals surface area contributed by atoms with E-state index < -0.39 is 35.8 Å². The molecule has 5 amide bonds. The molecule has 2 aliphatic rings. The molecule has 0 radical (unpaired) electrons. The molecular weight excluding hydrogens is 575 g/mol. The Morgan fingerprint density at radius 2 is 1.77 bits per heavy atom. The monoisotopic (exact) mass is 616 g/mol. The van der Waals surface area contributed by atoms with E-state index in [1.54, 1.807) is 42.8 Å². The Kier molecular flexibility index (Phi) is 10.4. The summed E-state index contributed by atoms with van der Waals surface area (Å²) in [6, 6.07) is 2.39. The highest BCUT2D eigenvalue weighted by atomic mass is 19.1. The molecule has 13 nitrogen and oxygen atoms in total. The van der Waals surface area contributed by atoms with Gasteiger partial charge in [0.2, 0.25) is 17.7 Å². The first-order valence-electron chi connectivity index (χ1n) is 14.8. The number of urea groups is 1. The van der Waals surface area contributed by atoms with E-state index in [-0.39, 0.29) is 55.2 Å². The Hall–Kier alpha value is -4.20. The molecule has 3 N–H and O–H groups in total. The fourth-order valence-corrected chi connectivity index (χ4v) is 5.55. The Morgan fingerprint density at radius 3 is 2.41 bits per heavy atom. The molecule has 0 aliphatic carbocycles. The molecule has 4 atom stereocenters. The predicted octanol–water partition coefficient (Wildman–Crippen LogP) is 1.49. The summed E-state index contributed by atoms with van der Waals surface area (Å²) in [5.74, 6) is -1.89. The van der Waals surface area contributed by atoms with Gasteiger partial charge in [-0.1, -0.05) is 12.1 Å². The van der Waals surface area contributed by atoms with Gasteiger partial charge < -0.3 is 34.6 Å². The van der Waals surface area contributed by atoms with Crippen LogP contribution in [0.15, 0.2) is 37.9 Å². The minimum Gasteiger partial charge on any atom is -0.396 e. The fourth-order valence-electron chi connectivity index (χ4n) is 5.55. The van der Waals surface area contributed by atoms with Crippen molar-refractivity contribution in [1.29, 1.82) is 0 Å². The SMILES string of the molecule is Cc1oc(=O)oc1CN(C)[C@@H](C)C(=O)N[C@H]1CN(C(=O)NC(C)C)CC[C@H]2CC[C@@H](C(=O)NCc3ccc(F)cc3)N2C1=O. The van der Waals surface area contributed by atoms with Crippen LogP contribution in [-0.4, -0.2) is 88.8 Å². The molecule has 0 unspecified atom stereocenters. The van der Waals surface area contributed by atoms with Crippen LogP contribution in [0.25, 0.3) is 0 Å². The lowest BCUT2D eigenvalue weighted by molar-refractivity contribution is -0.145. The van der Waals surface area contributed by atoms with E-state index in [4.69, 9.17) is 8.83 Å². The van der Waals surface area contributed by atoms with Crippen LogP contribution in [-0.2, 0) is 27.5 Å². The second-order valence-electron chi connectivity index (χ2n) is 11.8. The van der Waals surface area contributed by atoms with Crippen LogP contribution < -0.4 is 21.8 Å². The Balaban J connectivity index is 1.51. The third-order valence-corrected chi connectivity index (χ3v) is 8.16. The third kappa shape index (κ3) is 7.84. The predicted molar refractivity (Wildman–Crippen MR) is 157 cm³/mol.